The smallest absolute Gasteiger partial charge is 0.241 e. The van der Waals surface area contributed by atoms with E-state index in [-0.39, 0.29) is 40.5 Å². The second-order valence-corrected chi connectivity index (χ2v) is 8.45. The molecule has 8 heteroatoms. The molecule has 1 saturated carbocycles. The first-order valence-corrected chi connectivity index (χ1v) is 9.62. The molecule has 0 amide bonds. The van der Waals surface area contributed by atoms with E-state index in [9.17, 15) is 13.9 Å². The van der Waals surface area contributed by atoms with Gasteiger partial charge in [-0.1, -0.05) is 19.9 Å². The molecule has 2 atom stereocenters. The number of benzene rings is 1. The average Bonchev–Trinajstić information content (AvgIpc) is 3.29. The Labute approximate surface area is 166 Å². The topological polar surface area (TPSA) is 84.9 Å². The van der Waals surface area contributed by atoms with Gasteiger partial charge >= 0.3 is 0 Å². The fourth-order valence-electron chi connectivity index (χ4n) is 5.37. The molecule has 2 bridgehead atoms. The van der Waals surface area contributed by atoms with E-state index in [4.69, 9.17) is 4.42 Å². The third-order valence-corrected chi connectivity index (χ3v) is 6.93. The number of fused-ring (bicyclic) bond motifs is 5. The molecule has 0 saturated heterocycles. The highest BCUT2D eigenvalue weighted by molar-refractivity contribution is 5.63. The zero-order chi connectivity index (χ0) is 20.4. The molecule has 2 heterocycles. The van der Waals surface area contributed by atoms with Gasteiger partial charge in [0.2, 0.25) is 11.8 Å². The molecule has 1 aromatic carbocycles. The van der Waals surface area contributed by atoms with Crippen molar-refractivity contribution in [2.75, 3.05) is 0 Å². The van der Waals surface area contributed by atoms with Gasteiger partial charge in [-0.15, -0.1) is 10.2 Å². The van der Waals surface area contributed by atoms with Crippen molar-refractivity contribution in [2.24, 2.45) is 5.41 Å². The van der Waals surface area contributed by atoms with E-state index < -0.39 is 11.6 Å². The lowest BCUT2D eigenvalue weighted by Gasteiger charge is -2.36. The molecule has 6 nitrogen and oxygen atoms in total. The first-order valence-electron chi connectivity index (χ1n) is 9.62. The van der Waals surface area contributed by atoms with Crippen LogP contribution in [0.25, 0.3) is 11.3 Å². The summed E-state index contributed by atoms with van der Waals surface area (Å²) in [6.07, 6.45) is 2.31. The molecule has 150 valence electrons. The second-order valence-electron chi connectivity index (χ2n) is 8.45. The maximum Gasteiger partial charge on any atom is 0.241 e. The van der Waals surface area contributed by atoms with E-state index in [2.05, 4.69) is 34.2 Å². The van der Waals surface area contributed by atoms with Crippen LogP contribution < -0.4 is 0 Å². The highest BCUT2D eigenvalue weighted by atomic mass is 19.1. The van der Waals surface area contributed by atoms with Crippen LogP contribution in [0.2, 0.25) is 0 Å². The predicted octanol–water partition coefficient (Wildman–Crippen LogP) is 3.69. The van der Waals surface area contributed by atoms with Crippen molar-refractivity contribution < 1.29 is 18.3 Å². The van der Waals surface area contributed by atoms with Gasteiger partial charge in [0.1, 0.15) is 18.2 Å². The van der Waals surface area contributed by atoms with Crippen LogP contribution in [0.15, 0.2) is 28.7 Å². The van der Waals surface area contributed by atoms with E-state index in [0.717, 1.165) is 24.1 Å². The number of aromatic nitrogens is 4. The zero-order valence-corrected chi connectivity index (χ0v) is 16.1. The van der Waals surface area contributed by atoms with Gasteiger partial charge in [0.05, 0.1) is 17.0 Å². The summed E-state index contributed by atoms with van der Waals surface area (Å²) in [5, 5.41) is 25.8. The van der Waals surface area contributed by atoms with Gasteiger partial charge in [0.25, 0.3) is 0 Å². The molecule has 2 aliphatic rings. The van der Waals surface area contributed by atoms with Crippen molar-refractivity contribution >= 4 is 0 Å². The van der Waals surface area contributed by atoms with Gasteiger partial charge in [-0.2, -0.15) is 10.2 Å². The molecule has 2 aliphatic carbocycles. The number of hydrogen-bond acceptors (Lipinski definition) is 6. The summed E-state index contributed by atoms with van der Waals surface area (Å²) in [6.45, 7) is 4.05. The van der Waals surface area contributed by atoms with Gasteiger partial charge in [0.15, 0.2) is 0 Å². The van der Waals surface area contributed by atoms with Crippen LogP contribution in [0.4, 0.5) is 8.78 Å². The van der Waals surface area contributed by atoms with Crippen molar-refractivity contribution in [3.05, 3.63) is 58.9 Å². The van der Waals surface area contributed by atoms with Crippen molar-refractivity contribution in [3.63, 3.8) is 0 Å². The Kier molecular flexibility index (Phi) is 3.87. The highest BCUT2D eigenvalue weighted by Crippen LogP contribution is 2.68. The molecule has 0 spiro atoms. The lowest BCUT2D eigenvalue weighted by Crippen LogP contribution is -2.38. The Morgan fingerprint density at radius 2 is 1.83 bits per heavy atom. The molecule has 0 unspecified atom stereocenters. The number of hydrogen-bond donors (Lipinski definition) is 1. The van der Waals surface area contributed by atoms with E-state index >= 15 is 0 Å². The van der Waals surface area contributed by atoms with Crippen LogP contribution in [-0.4, -0.2) is 25.5 Å². The van der Waals surface area contributed by atoms with Crippen molar-refractivity contribution in [1.82, 2.24) is 20.4 Å². The molecule has 29 heavy (non-hydrogen) atoms. The summed E-state index contributed by atoms with van der Waals surface area (Å²) < 4.78 is 34.1. The first-order chi connectivity index (χ1) is 13.9. The van der Waals surface area contributed by atoms with Gasteiger partial charge in [-0.25, -0.2) is 8.78 Å². The lowest BCUT2D eigenvalue weighted by molar-refractivity contribution is 0.186. The molecular weight excluding hydrogens is 378 g/mol. The molecule has 0 aliphatic heterocycles. The van der Waals surface area contributed by atoms with E-state index in [1.165, 1.54) is 18.2 Å². The Balaban J connectivity index is 1.62. The highest BCUT2D eigenvalue weighted by Gasteiger charge is 2.63. The van der Waals surface area contributed by atoms with Crippen LogP contribution in [0, 0.1) is 17.0 Å². The summed E-state index contributed by atoms with van der Waals surface area (Å²) in [4.78, 5) is 0. The Bertz CT molecular complexity index is 1090. The molecule has 5 rings (SSSR count). The fourth-order valence-corrected chi connectivity index (χ4v) is 5.37. The van der Waals surface area contributed by atoms with Crippen LogP contribution in [-0.2, 0) is 18.4 Å². The predicted molar refractivity (Wildman–Crippen MR) is 98.7 cm³/mol. The van der Waals surface area contributed by atoms with Crippen LogP contribution in [0.5, 0.6) is 0 Å². The van der Waals surface area contributed by atoms with Crippen LogP contribution in [0.3, 0.4) is 0 Å². The molecular formula is C21H20F2N4O2. The Morgan fingerprint density at radius 1 is 1.10 bits per heavy atom. The average molecular weight is 398 g/mol. The summed E-state index contributed by atoms with van der Waals surface area (Å²) in [5.74, 6) is -0.487. The van der Waals surface area contributed by atoms with Crippen molar-refractivity contribution in [3.8, 4) is 11.3 Å². The summed E-state index contributed by atoms with van der Waals surface area (Å²) in [6, 6.07) is 5.56. The molecule has 1 fully saturated rings. The van der Waals surface area contributed by atoms with Gasteiger partial charge in [-0.3, -0.25) is 0 Å². The van der Waals surface area contributed by atoms with Crippen molar-refractivity contribution in [1.29, 1.82) is 0 Å². The minimum absolute atomic E-state index is 0.151. The number of aliphatic hydroxyl groups excluding tert-OH is 1. The largest absolute Gasteiger partial charge is 0.423 e. The first kappa shape index (κ1) is 18.3. The fraction of sp³-hybridized carbons (Fsp3) is 0.429. The van der Waals surface area contributed by atoms with E-state index in [1.54, 1.807) is 6.07 Å². The quantitative estimate of drug-likeness (QED) is 0.721. The van der Waals surface area contributed by atoms with Crippen LogP contribution >= 0.6 is 0 Å². The standard InChI is InChI=1S/C21H20F2N4O2/c1-20(2)12-6-7-21(20,9-16-25-26-17(10-28)29-16)19-11(12)8-15(24-27-19)18-13(22)4-3-5-14(18)23/h3-5,8,12,28H,6-7,9-10H2,1-2H3/t12-,21-/m0/s1. The normalized spacial score (nSPS) is 24.1. The van der Waals surface area contributed by atoms with E-state index in [1.807, 2.05) is 0 Å². The van der Waals surface area contributed by atoms with E-state index in [0.29, 0.717) is 12.3 Å². The SMILES string of the molecule is CC1(C)[C@H]2CC[C@]1(Cc1nnc(CO)o1)c1nnc(-c3c(F)cccc3F)cc12. The molecule has 2 aromatic heterocycles. The third kappa shape index (κ3) is 2.41. The number of nitrogens with zero attached hydrogens (tertiary/aromatic N) is 4. The molecule has 1 N–H and O–H groups in total. The molecule has 0 radical (unpaired) electrons. The van der Waals surface area contributed by atoms with Crippen LogP contribution in [0.1, 0.15) is 55.6 Å². The minimum Gasteiger partial charge on any atom is -0.423 e. The summed E-state index contributed by atoms with van der Waals surface area (Å²) in [7, 11) is 0. The van der Waals surface area contributed by atoms with Gasteiger partial charge in [-0.05, 0) is 47.9 Å². The maximum atomic E-state index is 14.3. The van der Waals surface area contributed by atoms with Gasteiger partial charge < -0.3 is 9.52 Å². The number of halogens is 2. The monoisotopic (exact) mass is 398 g/mol. The minimum atomic E-state index is -0.654. The maximum absolute atomic E-state index is 14.3. The number of aliphatic hydroxyl groups is 1. The van der Waals surface area contributed by atoms with Crippen molar-refractivity contribution in [2.45, 2.75) is 51.0 Å². The van der Waals surface area contributed by atoms with Gasteiger partial charge in [0, 0.05) is 11.8 Å². The Morgan fingerprint density at radius 3 is 2.52 bits per heavy atom. The zero-order valence-electron chi connectivity index (χ0n) is 16.1. The summed E-state index contributed by atoms with van der Waals surface area (Å²) >= 11 is 0. The second kappa shape index (κ2) is 6.13. The Hall–Kier alpha value is -2.74. The third-order valence-electron chi connectivity index (χ3n) is 6.93. The number of rotatable bonds is 4. The molecule has 3 aromatic rings. The lowest BCUT2D eigenvalue weighted by atomic mass is 9.66. The summed E-state index contributed by atoms with van der Waals surface area (Å²) in [5.41, 5.74) is 1.36.